The molecule has 11 heteroatoms. The van der Waals surface area contributed by atoms with Crippen molar-refractivity contribution in [1.82, 2.24) is 15.3 Å². The summed E-state index contributed by atoms with van der Waals surface area (Å²) in [5.41, 5.74) is 18.1. The minimum atomic E-state index is -0.818. The quantitative estimate of drug-likeness (QED) is 0.179. The van der Waals surface area contributed by atoms with Crippen LogP contribution in [0.3, 0.4) is 0 Å². The van der Waals surface area contributed by atoms with E-state index in [4.69, 9.17) is 22.3 Å². The summed E-state index contributed by atoms with van der Waals surface area (Å²) in [6.45, 7) is 13.9. The molecule has 0 spiro atoms. The standard InChI is InChI=1S/C19H35N7O.C4H8O3/c1-7-18(3,4)11-19(5,6)9-8-10-23-17(22)26-16(27)13-15(21)25-14(20)12(2)24-13;1-7-3-2-4(5)6/h7-11H2,1-6H3,(H4,20,21,25)(H3,22,23,26,27);2-3H2,1H3,(H,5,6). The van der Waals surface area contributed by atoms with E-state index in [2.05, 4.69) is 59.6 Å². The molecule has 194 valence electrons. The lowest BCUT2D eigenvalue weighted by Crippen LogP contribution is -2.38. The summed E-state index contributed by atoms with van der Waals surface area (Å²) in [5.74, 6) is -1.16. The SMILES string of the molecule is CCC(C)(C)CC(C)(C)CCCN=C(N)NC(=O)c1nc(C)c(N)nc1N.COCCC(=O)O. The van der Waals surface area contributed by atoms with Gasteiger partial charge in [0.15, 0.2) is 17.5 Å². The second kappa shape index (κ2) is 14.3. The van der Waals surface area contributed by atoms with Crippen molar-refractivity contribution in [3.63, 3.8) is 0 Å². The summed E-state index contributed by atoms with van der Waals surface area (Å²) in [6, 6.07) is 0. The lowest BCUT2D eigenvalue weighted by molar-refractivity contribution is -0.137. The van der Waals surface area contributed by atoms with Crippen LogP contribution in [0.5, 0.6) is 0 Å². The van der Waals surface area contributed by atoms with E-state index >= 15 is 0 Å². The predicted octanol–water partition coefficient (Wildman–Crippen LogP) is 2.73. The van der Waals surface area contributed by atoms with Crippen LogP contribution in [0.4, 0.5) is 11.6 Å². The highest BCUT2D eigenvalue weighted by Gasteiger charge is 2.27. The first-order valence-corrected chi connectivity index (χ1v) is 11.4. The highest BCUT2D eigenvalue weighted by molar-refractivity contribution is 6.06. The molecular weight excluding hydrogens is 438 g/mol. The van der Waals surface area contributed by atoms with Gasteiger partial charge in [-0.15, -0.1) is 0 Å². The van der Waals surface area contributed by atoms with Crippen molar-refractivity contribution in [2.45, 2.75) is 73.6 Å². The molecular formula is C23H43N7O4. The van der Waals surface area contributed by atoms with E-state index in [1.165, 1.54) is 7.11 Å². The average molecular weight is 482 g/mol. The number of nitrogens with zero attached hydrogens (tertiary/aromatic N) is 3. The lowest BCUT2D eigenvalue weighted by Gasteiger charge is -2.34. The highest BCUT2D eigenvalue weighted by atomic mass is 16.5. The van der Waals surface area contributed by atoms with Gasteiger partial charge in [0.1, 0.15) is 5.82 Å². The summed E-state index contributed by atoms with van der Waals surface area (Å²) in [6.07, 6.45) is 4.34. The van der Waals surface area contributed by atoms with E-state index < -0.39 is 11.9 Å². The Hall–Kier alpha value is -2.95. The van der Waals surface area contributed by atoms with E-state index in [-0.39, 0.29) is 35.1 Å². The molecule has 1 aromatic heterocycles. The molecule has 0 aliphatic heterocycles. The maximum atomic E-state index is 12.2. The van der Waals surface area contributed by atoms with Gasteiger partial charge < -0.3 is 27.0 Å². The molecule has 0 bridgehead atoms. The van der Waals surface area contributed by atoms with Gasteiger partial charge in [0.05, 0.1) is 18.7 Å². The molecule has 1 heterocycles. The number of anilines is 2. The number of nitrogens with two attached hydrogens (primary N) is 3. The van der Waals surface area contributed by atoms with Gasteiger partial charge in [-0.05, 0) is 37.0 Å². The van der Waals surface area contributed by atoms with Crippen molar-refractivity contribution >= 4 is 29.5 Å². The number of carboxylic acid groups (broad SMARTS) is 1. The molecule has 0 aromatic carbocycles. The van der Waals surface area contributed by atoms with E-state index in [1.807, 2.05) is 0 Å². The zero-order valence-electron chi connectivity index (χ0n) is 21.7. The van der Waals surface area contributed by atoms with E-state index in [9.17, 15) is 9.59 Å². The van der Waals surface area contributed by atoms with Gasteiger partial charge in [-0.25, -0.2) is 9.97 Å². The van der Waals surface area contributed by atoms with E-state index in [0.29, 0.717) is 24.3 Å². The number of hydrogen-bond donors (Lipinski definition) is 5. The number of carbonyl (C=O) groups is 2. The van der Waals surface area contributed by atoms with Gasteiger partial charge in [-0.1, -0.05) is 41.0 Å². The number of aryl methyl sites for hydroxylation is 1. The number of nitrogens with one attached hydrogen (secondary N) is 1. The van der Waals surface area contributed by atoms with Crippen LogP contribution >= 0.6 is 0 Å². The second-order valence-corrected chi connectivity index (χ2v) is 9.75. The van der Waals surface area contributed by atoms with E-state index in [0.717, 1.165) is 25.7 Å². The third kappa shape index (κ3) is 12.9. The van der Waals surface area contributed by atoms with Gasteiger partial charge in [0.25, 0.3) is 5.91 Å². The number of amides is 1. The molecule has 1 aromatic rings. The molecule has 0 aliphatic carbocycles. The minimum absolute atomic E-state index is 0.0113. The first-order valence-electron chi connectivity index (χ1n) is 11.4. The third-order valence-electron chi connectivity index (χ3n) is 5.32. The van der Waals surface area contributed by atoms with Crippen LogP contribution in [0.15, 0.2) is 4.99 Å². The molecule has 11 nitrogen and oxygen atoms in total. The summed E-state index contributed by atoms with van der Waals surface area (Å²) in [7, 11) is 1.48. The van der Waals surface area contributed by atoms with Crippen LogP contribution in [-0.2, 0) is 9.53 Å². The fourth-order valence-corrected chi connectivity index (χ4v) is 3.38. The lowest BCUT2D eigenvalue weighted by atomic mass is 9.72. The molecule has 1 amide bonds. The molecule has 0 saturated carbocycles. The summed E-state index contributed by atoms with van der Waals surface area (Å²) < 4.78 is 4.47. The Morgan fingerprint density at radius 3 is 2.24 bits per heavy atom. The van der Waals surface area contributed by atoms with Gasteiger partial charge in [-0.2, -0.15) is 0 Å². The molecule has 34 heavy (non-hydrogen) atoms. The molecule has 0 unspecified atom stereocenters. The smallest absolute Gasteiger partial charge is 0.305 e. The van der Waals surface area contributed by atoms with Crippen molar-refractivity contribution in [3.05, 3.63) is 11.4 Å². The first-order chi connectivity index (χ1) is 15.6. The molecule has 0 saturated heterocycles. The fourth-order valence-electron chi connectivity index (χ4n) is 3.38. The monoisotopic (exact) mass is 481 g/mol. The Kier molecular flexibility index (Phi) is 13.1. The number of aliphatic imine (C=N–C) groups is 1. The zero-order valence-corrected chi connectivity index (χ0v) is 21.7. The first kappa shape index (κ1) is 31.0. The third-order valence-corrected chi connectivity index (χ3v) is 5.32. The van der Waals surface area contributed by atoms with Crippen LogP contribution in [0.2, 0.25) is 0 Å². The Bertz CT molecular complexity index is 839. The zero-order chi connectivity index (χ0) is 26.5. The number of carboxylic acids is 1. The van der Waals surface area contributed by atoms with Crippen LogP contribution in [-0.4, -0.2) is 53.2 Å². The van der Waals surface area contributed by atoms with Gasteiger partial charge in [0, 0.05) is 13.7 Å². The Morgan fingerprint density at radius 2 is 1.74 bits per heavy atom. The Balaban J connectivity index is 0.00000135. The molecule has 8 N–H and O–H groups in total. The largest absolute Gasteiger partial charge is 0.481 e. The molecule has 0 aliphatic rings. The number of aromatic nitrogens is 2. The summed E-state index contributed by atoms with van der Waals surface area (Å²) >= 11 is 0. The number of hydrogen-bond acceptors (Lipinski definition) is 8. The van der Waals surface area contributed by atoms with Gasteiger partial charge in [-0.3, -0.25) is 19.9 Å². The van der Waals surface area contributed by atoms with Gasteiger partial charge >= 0.3 is 5.97 Å². The number of aliphatic carboxylic acids is 1. The molecule has 0 radical (unpaired) electrons. The van der Waals surface area contributed by atoms with Crippen molar-refractivity contribution in [3.8, 4) is 0 Å². The van der Waals surface area contributed by atoms with E-state index in [1.54, 1.807) is 6.92 Å². The predicted molar refractivity (Wildman–Crippen MR) is 135 cm³/mol. The molecule has 0 fully saturated rings. The number of ether oxygens (including phenoxy) is 1. The second-order valence-electron chi connectivity index (χ2n) is 9.75. The topological polar surface area (TPSA) is 192 Å². The normalized spacial score (nSPS) is 12.0. The highest BCUT2D eigenvalue weighted by Crippen LogP contribution is 2.38. The number of rotatable bonds is 11. The van der Waals surface area contributed by atoms with Crippen LogP contribution in [0.25, 0.3) is 0 Å². The van der Waals surface area contributed by atoms with Crippen molar-refractivity contribution in [2.75, 3.05) is 31.7 Å². The van der Waals surface area contributed by atoms with Crippen molar-refractivity contribution in [2.24, 2.45) is 21.6 Å². The Labute approximate surface area is 203 Å². The number of carbonyl (C=O) groups excluding carboxylic acids is 1. The maximum absolute atomic E-state index is 12.2. The maximum Gasteiger partial charge on any atom is 0.305 e. The summed E-state index contributed by atoms with van der Waals surface area (Å²) in [4.78, 5) is 34.1. The van der Waals surface area contributed by atoms with Crippen molar-refractivity contribution < 1.29 is 19.4 Å². The van der Waals surface area contributed by atoms with Crippen LogP contribution in [0.1, 0.15) is 82.9 Å². The fraction of sp³-hybridized carbons (Fsp3) is 0.696. The average Bonchev–Trinajstić information content (AvgIpc) is 2.72. The van der Waals surface area contributed by atoms with Crippen molar-refractivity contribution in [1.29, 1.82) is 0 Å². The van der Waals surface area contributed by atoms with Crippen LogP contribution in [0, 0.1) is 17.8 Å². The number of guanidine groups is 1. The number of nitrogen functional groups attached to an aromatic ring is 2. The van der Waals surface area contributed by atoms with Crippen LogP contribution < -0.4 is 22.5 Å². The summed E-state index contributed by atoms with van der Waals surface area (Å²) in [5, 5.41) is 10.5. The molecule has 0 atom stereocenters. The minimum Gasteiger partial charge on any atom is -0.481 e. The van der Waals surface area contributed by atoms with Gasteiger partial charge in [0.2, 0.25) is 0 Å². The Morgan fingerprint density at radius 1 is 1.12 bits per heavy atom. The molecule has 1 rings (SSSR count). The number of methoxy groups -OCH3 is 1.